The number of Topliss-reactive ketones (excluding diaryl/α,β-unsaturated/α-hetero) is 1. The van der Waals surface area contributed by atoms with Gasteiger partial charge in [-0.05, 0) is 37.6 Å². The molecule has 2 aromatic carbocycles. The molecule has 1 heterocycles. The van der Waals surface area contributed by atoms with Gasteiger partial charge in [0.05, 0.1) is 12.2 Å². The highest BCUT2D eigenvalue weighted by Gasteiger charge is 2.17. The average Bonchev–Trinajstić information content (AvgIpc) is 2.87. The van der Waals surface area contributed by atoms with Gasteiger partial charge in [0, 0.05) is 11.8 Å². The lowest BCUT2D eigenvalue weighted by atomic mass is 10.0. The smallest absolute Gasteiger partial charge is 0.163 e. The first-order valence-electron chi connectivity index (χ1n) is 7.42. The summed E-state index contributed by atoms with van der Waals surface area (Å²) in [5.41, 5.74) is 2.53. The molecule has 3 rings (SSSR count). The molecule has 3 aromatic rings. The zero-order valence-corrected chi connectivity index (χ0v) is 12.8. The standard InChI is InChI=1S/C19H18O3/c1-3-21-15-10-8-14(9-11-15)12-18-19(13(2)20)16-6-4-5-7-17(16)22-18/h4-11H,3,12H2,1-2H3. The number of ether oxygens (including phenoxy) is 1. The Labute approximate surface area is 129 Å². The quantitative estimate of drug-likeness (QED) is 0.644. The molecule has 1 aromatic heterocycles. The molecule has 0 radical (unpaired) electrons. The van der Waals surface area contributed by atoms with Crippen LogP contribution in [-0.4, -0.2) is 12.4 Å². The maximum absolute atomic E-state index is 12.0. The topological polar surface area (TPSA) is 39.4 Å². The van der Waals surface area contributed by atoms with Gasteiger partial charge in [0.2, 0.25) is 0 Å². The van der Waals surface area contributed by atoms with Gasteiger partial charge in [-0.1, -0.05) is 30.3 Å². The highest BCUT2D eigenvalue weighted by Crippen LogP contribution is 2.28. The van der Waals surface area contributed by atoms with Gasteiger partial charge in [0.1, 0.15) is 17.1 Å². The van der Waals surface area contributed by atoms with E-state index < -0.39 is 0 Å². The molecule has 0 N–H and O–H groups in total. The van der Waals surface area contributed by atoms with Crippen molar-refractivity contribution in [1.82, 2.24) is 0 Å². The zero-order chi connectivity index (χ0) is 15.5. The van der Waals surface area contributed by atoms with Crippen molar-refractivity contribution in [2.24, 2.45) is 0 Å². The monoisotopic (exact) mass is 294 g/mol. The molecule has 0 amide bonds. The molecule has 0 atom stereocenters. The van der Waals surface area contributed by atoms with E-state index >= 15 is 0 Å². The molecule has 0 spiro atoms. The van der Waals surface area contributed by atoms with Crippen LogP contribution in [0.15, 0.2) is 52.9 Å². The number of hydrogen-bond acceptors (Lipinski definition) is 3. The largest absolute Gasteiger partial charge is 0.494 e. The van der Waals surface area contributed by atoms with Gasteiger partial charge in [0.15, 0.2) is 5.78 Å². The third-order valence-corrected chi connectivity index (χ3v) is 3.62. The number of carbonyl (C=O) groups excluding carboxylic acids is 1. The van der Waals surface area contributed by atoms with Crippen molar-refractivity contribution in [2.45, 2.75) is 20.3 Å². The van der Waals surface area contributed by atoms with Crippen LogP contribution in [0.2, 0.25) is 0 Å². The van der Waals surface area contributed by atoms with E-state index in [1.165, 1.54) is 0 Å². The van der Waals surface area contributed by atoms with Crippen LogP contribution in [0, 0.1) is 0 Å². The van der Waals surface area contributed by atoms with Gasteiger partial charge >= 0.3 is 0 Å². The van der Waals surface area contributed by atoms with Crippen molar-refractivity contribution in [2.75, 3.05) is 6.61 Å². The Hall–Kier alpha value is -2.55. The molecule has 0 aliphatic heterocycles. The molecule has 0 unspecified atom stereocenters. The van der Waals surface area contributed by atoms with Gasteiger partial charge in [-0.2, -0.15) is 0 Å². The van der Waals surface area contributed by atoms with Crippen LogP contribution in [0.4, 0.5) is 0 Å². The summed E-state index contributed by atoms with van der Waals surface area (Å²) in [6.07, 6.45) is 0.593. The van der Waals surface area contributed by atoms with Crippen molar-refractivity contribution >= 4 is 16.8 Å². The molecule has 0 aliphatic carbocycles. The maximum atomic E-state index is 12.0. The van der Waals surface area contributed by atoms with E-state index in [0.717, 1.165) is 28.0 Å². The molecular formula is C19H18O3. The van der Waals surface area contributed by atoms with Crippen LogP contribution in [0.1, 0.15) is 35.5 Å². The van der Waals surface area contributed by atoms with Crippen LogP contribution >= 0.6 is 0 Å². The zero-order valence-electron chi connectivity index (χ0n) is 12.8. The Kier molecular flexibility index (Phi) is 3.96. The first kappa shape index (κ1) is 14.4. The summed E-state index contributed by atoms with van der Waals surface area (Å²) in [5.74, 6) is 1.60. The van der Waals surface area contributed by atoms with E-state index in [4.69, 9.17) is 9.15 Å². The molecule has 3 nitrogen and oxygen atoms in total. The summed E-state index contributed by atoms with van der Waals surface area (Å²) >= 11 is 0. The maximum Gasteiger partial charge on any atom is 0.163 e. The molecule has 0 saturated carbocycles. The first-order valence-corrected chi connectivity index (χ1v) is 7.42. The minimum absolute atomic E-state index is 0.0332. The predicted molar refractivity (Wildman–Crippen MR) is 86.6 cm³/mol. The lowest BCUT2D eigenvalue weighted by molar-refractivity contribution is 0.101. The van der Waals surface area contributed by atoms with Crippen molar-refractivity contribution in [1.29, 1.82) is 0 Å². The van der Waals surface area contributed by atoms with E-state index in [1.54, 1.807) is 6.92 Å². The summed E-state index contributed by atoms with van der Waals surface area (Å²) in [6.45, 7) is 4.19. The van der Waals surface area contributed by atoms with E-state index in [0.29, 0.717) is 18.6 Å². The fraction of sp³-hybridized carbons (Fsp3) is 0.211. The second-order valence-corrected chi connectivity index (χ2v) is 5.21. The summed E-state index contributed by atoms with van der Waals surface area (Å²) in [6, 6.07) is 15.5. The van der Waals surface area contributed by atoms with Gasteiger partial charge in [0.25, 0.3) is 0 Å². The number of benzene rings is 2. The van der Waals surface area contributed by atoms with E-state index in [-0.39, 0.29) is 5.78 Å². The highest BCUT2D eigenvalue weighted by molar-refractivity contribution is 6.07. The van der Waals surface area contributed by atoms with E-state index in [9.17, 15) is 4.79 Å². The summed E-state index contributed by atoms with van der Waals surface area (Å²) in [5, 5.41) is 0.885. The number of hydrogen-bond donors (Lipinski definition) is 0. The predicted octanol–water partition coefficient (Wildman–Crippen LogP) is 4.62. The molecule has 0 fully saturated rings. The molecule has 0 bridgehead atoms. The minimum atomic E-state index is 0.0332. The summed E-state index contributed by atoms with van der Waals surface area (Å²) < 4.78 is 11.3. The Balaban J connectivity index is 1.96. The van der Waals surface area contributed by atoms with Crippen molar-refractivity contribution in [3.8, 4) is 5.75 Å². The van der Waals surface area contributed by atoms with Crippen molar-refractivity contribution in [3.05, 3.63) is 65.4 Å². The number of para-hydroxylation sites is 1. The third kappa shape index (κ3) is 2.75. The highest BCUT2D eigenvalue weighted by atomic mass is 16.5. The van der Waals surface area contributed by atoms with Crippen LogP contribution in [0.5, 0.6) is 5.75 Å². The van der Waals surface area contributed by atoms with Gasteiger partial charge < -0.3 is 9.15 Å². The Bertz CT molecular complexity index is 797. The van der Waals surface area contributed by atoms with Crippen molar-refractivity contribution < 1.29 is 13.9 Å². The Morgan fingerprint density at radius 3 is 2.50 bits per heavy atom. The number of fused-ring (bicyclic) bond motifs is 1. The molecule has 0 saturated heterocycles. The fourth-order valence-electron chi connectivity index (χ4n) is 2.66. The number of ketones is 1. The fourth-order valence-corrected chi connectivity index (χ4v) is 2.66. The molecule has 0 aliphatic rings. The van der Waals surface area contributed by atoms with Crippen LogP contribution < -0.4 is 4.74 Å². The SMILES string of the molecule is CCOc1ccc(Cc2oc3ccccc3c2C(C)=O)cc1. The van der Waals surface area contributed by atoms with E-state index in [1.807, 2.05) is 55.5 Å². The first-order chi connectivity index (χ1) is 10.7. The number of rotatable bonds is 5. The number of furan rings is 1. The van der Waals surface area contributed by atoms with Crippen LogP contribution in [-0.2, 0) is 6.42 Å². The van der Waals surface area contributed by atoms with Crippen molar-refractivity contribution in [3.63, 3.8) is 0 Å². The third-order valence-electron chi connectivity index (χ3n) is 3.62. The second kappa shape index (κ2) is 6.06. The number of carbonyl (C=O) groups is 1. The Morgan fingerprint density at radius 2 is 1.82 bits per heavy atom. The molecule has 22 heavy (non-hydrogen) atoms. The van der Waals surface area contributed by atoms with Gasteiger partial charge in [-0.3, -0.25) is 4.79 Å². The van der Waals surface area contributed by atoms with Gasteiger partial charge in [-0.25, -0.2) is 0 Å². The lowest BCUT2D eigenvalue weighted by Crippen LogP contribution is -1.98. The van der Waals surface area contributed by atoms with Gasteiger partial charge in [-0.15, -0.1) is 0 Å². The van der Waals surface area contributed by atoms with Crippen LogP contribution in [0.3, 0.4) is 0 Å². The molecule has 112 valence electrons. The summed E-state index contributed by atoms with van der Waals surface area (Å²) in [4.78, 5) is 12.0. The van der Waals surface area contributed by atoms with E-state index in [2.05, 4.69) is 0 Å². The Morgan fingerprint density at radius 1 is 1.09 bits per heavy atom. The normalized spacial score (nSPS) is 10.8. The van der Waals surface area contributed by atoms with Crippen LogP contribution in [0.25, 0.3) is 11.0 Å². The molecule has 3 heteroatoms. The average molecular weight is 294 g/mol. The minimum Gasteiger partial charge on any atom is -0.494 e. The molecular weight excluding hydrogens is 276 g/mol. The lowest BCUT2D eigenvalue weighted by Gasteiger charge is -2.04. The summed E-state index contributed by atoms with van der Waals surface area (Å²) in [7, 11) is 0. The second-order valence-electron chi connectivity index (χ2n) is 5.21.